The molecule has 0 saturated carbocycles. The van der Waals surface area contributed by atoms with Crippen LogP contribution in [0.1, 0.15) is 13.3 Å². The summed E-state index contributed by atoms with van der Waals surface area (Å²) in [6.45, 7) is 1.28. The van der Waals surface area contributed by atoms with Gasteiger partial charge in [0.1, 0.15) is 0 Å². The number of fused-ring (bicyclic) bond motifs is 1. The maximum Gasteiger partial charge on any atom is 0.316 e. The Kier molecular flexibility index (Phi) is 5.76. The Balaban J connectivity index is 1.44. The fraction of sp³-hybridized carbons (Fsp3) is 0.368. The molecule has 1 amide bonds. The summed E-state index contributed by atoms with van der Waals surface area (Å²) in [4.78, 5) is 24.8. The highest BCUT2D eigenvalue weighted by Gasteiger charge is 2.39. The number of ether oxygens (including phenoxy) is 1. The summed E-state index contributed by atoms with van der Waals surface area (Å²) in [6, 6.07) is 13.9. The molecule has 0 spiro atoms. The van der Waals surface area contributed by atoms with Crippen molar-refractivity contribution in [1.82, 2.24) is 5.32 Å². The van der Waals surface area contributed by atoms with Crippen molar-refractivity contribution >= 4 is 44.2 Å². The molecular weight excluding hydrogens is 386 g/mol. The predicted molar refractivity (Wildman–Crippen MR) is 105 cm³/mol. The molecule has 1 aliphatic rings. The summed E-state index contributed by atoms with van der Waals surface area (Å²) in [6.07, 6.45) is 0.368. The van der Waals surface area contributed by atoms with Crippen LogP contribution in [0.3, 0.4) is 0 Å². The van der Waals surface area contributed by atoms with E-state index in [9.17, 15) is 18.0 Å². The highest BCUT2D eigenvalue weighted by molar-refractivity contribution is 8.00. The monoisotopic (exact) mass is 407 g/mol. The second-order valence-corrected chi connectivity index (χ2v) is 10.1. The van der Waals surface area contributed by atoms with Crippen LogP contribution < -0.4 is 5.32 Å². The molecule has 0 bridgehead atoms. The molecule has 0 aromatic heterocycles. The molecule has 8 heteroatoms. The number of rotatable bonds is 6. The molecule has 1 heterocycles. The van der Waals surface area contributed by atoms with Gasteiger partial charge < -0.3 is 10.1 Å². The first kappa shape index (κ1) is 19.7. The van der Waals surface area contributed by atoms with Gasteiger partial charge in [-0.05, 0) is 36.2 Å². The van der Waals surface area contributed by atoms with Crippen LogP contribution in [0.25, 0.3) is 10.8 Å². The van der Waals surface area contributed by atoms with Crippen LogP contribution in [0.15, 0.2) is 47.4 Å². The lowest BCUT2D eigenvalue weighted by Crippen LogP contribution is -2.48. The Morgan fingerprint density at radius 2 is 1.93 bits per heavy atom. The molecule has 27 heavy (non-hydrogen) atoms. The van der Waals surface area contributed by atoms with Crippen LogP contribution in [0.2, 0.25) is 0 Å². The van der Waals surface area contributed by atoms with Gasteiger partial charge in [-0.25, -0.2) is 8.42 Å². The largest absolute Gasteiger partial charge is 0.455 e. The number of benzene rings is 2. The molecule has 1 N–H and O–H groups in total. The summed E-state index contributed by atoms with van der Waals surface area (Å²) < 4.78 is 28.1. The van der Waals surface area contributed by atoms with Gasteiger partial charge in [0.25, 0.3) is 5.91 Å². The van der Waals surface area contributed by atoms with Gasteiger partial charge in [0.15, 0.2) is 16.4 Å². The molecule has 3 rings (SSSR count). The smallest absolute Gasteiger partial charge is 0.316 e. The normalized spacial score (nSPS) is 21.1. The number of sulfone groups is 1. The SMILES string of the molecule is C[C@@]1(NC(=O)COC(=O)CSc2ccc3ccccc3c2)CCS(=O)(=O)C1. The van der Waals surface area contributed by atoms with E-state index < -0.39 is 33.9 Å². The van der Waals surface area contributed by atoms with E-state index in [-0.39, 0.29) is 17.3 Å². The van der Waals surface area contributed by atoms with Crippen molar-refractivity contribution < 1.29 is 22.7 Å². The number of esters is 1. The zero-order chi connectivity index (χ0) is 19.5. The van der Waals surface area contributed by atoms with Crippen molar-refractivity contribution in [2.75, 3.05) is 23.9 Å². The van der Waals surface area contributed by atoms with Crippen molar-refractivity contribution in [3.05, 3.63) is 42.5 Å². The molecule has 2 aromatic carbocycles. The lowest BCUT2D eigenvalue weighted by atomic mass is 10.0. The number of carbonyl (C=O) groups is 2. The van der Waals surface area contributed by atoms with Crippen LogP contribution in [-0.4, -0.2) is 49.7 Å². The van der Waals surface area contributed by atoms with Gasteiger partial charge in [-0.2, -0.15) is 0 Å². The molecule has 1 saturated heterocycles. The number of hydrogen-bond donors (Lipinski definition) is 1. The summed E-state index contributed by atoms with van der Waals surface area (Å²) in [5, 5.41) is 4.88. The van der Waals surface area contributed by atoms with Crippen molar-refractivity contribution in [1.29, 1.82) is 0 Å². The van der Waals surface area contributed by atoms with Crippen molar-refractivity contribution in [2.45, 2.75) is 23.8 Å². The highest BCUT2D eigenvalue weighted by Crippen LogP contribution is 2.24. The van der Waals surface area contributed by atoms with E-state index in [2.05, 4.69) is 5.32 Å². The van der Waals surface area contributed by atoms with Gasteiger partial charge in [-0.1, -0.05) is 30.3 Å². The lowest BCUT2D eigenvalue weighted by molar-refractivity contribution is -0.146. The molecule has 2 aromatic rings. The van der Waals surface area contributed by atoms with Crippen LogP contribution >= 0.6 is 11.8 Å². The van der Waals surface area contributed by atoms with E-state index in [1.807, 2.05) is 42.5 Å². The third-order valence-corrected chi connectivity index (χ3v) is 7.26. The number of carbonyl (C=O) groups excluding carboxylic acids is 2. The fourth-order valence-corrected chi connectivity index (χ4v) is 5.90. The fourth-order valence-electron chi connectivity index (χ4n) is 3.07. The van der Waals surface area contributed by atoms with Crippen molar-refractivity contribution in [2.24, 2.45) is 0 Å². The number of amides is 1. The molecular formula is C19H21NO5S2. The molecule has 1 aliphatic heterocycles. The predicted octanol–water partition coefficient (Wildman–Crippen LogP) is 2.17. The molecule has 1 atom stereocenters. The Hall–Kier alpha value is -2.06. The van der Waals surface area contributed by atoms with E-state index in [1.54, 1.807) is 6.92 Å². The quantitative estimate of drug-likeness (QED) is 0.583. The standard InChI is InChI=1S/C19H21NO5S2/c1-19(8-9-27(23,24)13-19)20-17(21)11-25-18(22)12-26-16-7-6-14-4-2-3-5-15(14)10-16/h2-7,10H,8-9,11-13H2,1H3,(H,20,21)/t19-/m1/s1. The molecule has 0 radical (unpaired) electrons. The van der Waals surface area contributed by atoms with Crippen molar-refractivity contribution in [3.63, 3.8) is 0 Å². The average Bonchev–Trinajstić information content (AvgIpc) is 2.90. The van der Waals surface area contributed by atoms with E-state index in [0.29, 0.717) is 6.42 Å². The Morgan fingerprint density at radius 1 is 1.19 bits per heavy atom. The van der Waals surface area contributed by atoms with E-state index in [0.717, 1.165) is 15.7 Å². The number of thioether (sulfide) groups is 1. The Morgan fingerprint density at radius 3 is 2.63 bits per heavy atom. The molecule has 6 nitrogen and oxygen atoms in total. The topological polar surface area (TPSA) is 89.5 Å². The first-order chi connectivity index (χ1) is 12.7. The van der Waals surface area contributed by atoms with Gasteiger partial charge in [0.05, 0.1) is 22.8 Å². The third kappa shape index (κ3) is 5.46. The van der Waals surface area contributed by atoms with Gasteiger partial charge in [0.2, 0.25) is 0 Å². The minimum atomic E-state index is -3.11. The average molecular weight is 408 g/mol. The van der Waals surface area contributed by atoms with Gasteiger partial charge >= 0.3 is 5.97 Å². The van der Waals surface area contributed by atoms with Crippen LogP contribution in [-0.2, 0) is 24.2 Å². The minimum absolute atomic E-state index is 0.0615. The molecule has 144 valence electrons. The first-order valence-corrected chi connectivity index (χ1v) is 11.3. The maximum atomic E-state index is 12.0. The third-order valence-electron chi connectivity index (χ3n) is 4.39. The Labute approximate surface area is 162 Å². The summed E-state index contributed by atoms with van der Waals surface area (Å²) >= 11 is 1.34. The van der Waals surface area contributed by atoms with Crippen LogP contribution in [0.5, 0.6) is 0 Å². The molecule has 0 unspecified atom stereocenters. The van der Waals surface area contributed by atoms with Gasteiger partial charge in [-0.15, -0.1) is 11.8 Å². The van der Waals surface area contributed by atoms with Gasteiger partial charge in [-0.3, -0.25) is 9.59 Å². The molecule has 1 fully saturated rings. The second kappa shape index (κ2) is 7.90. The van der Waals surface area contributed by atoms with E-state index in [1.165, 1.54) is 11.8 Å². The second-order valence-electron chi connectivity index (χ2n) is 6.91. The van der Waals surface area contributed by atoms with Crippen molar-refractivity contribution in [3.8, 4) is 0 Å². The Bertz CT molecular complexity index is 973. The summed E-state index contributed by atoms with van der Waals surface area (Å²) in [7, 11) is -3.11. The highest BCUT2D eigenvalue weighted by atomic mass is 32.2. The zero-order valence-electron chi connectivity index (χ0n) is 14.9. The number of nitrogens with one attached hydrogen (secondary N) is 1. The van der Waals surface area contributed by atoms with E-state index >= 15 is 0 Å². The minimum Gasteiger partial charge on any atom is -0.455 e. The van der Waals surface area contributed by atoms with Gasteiger partial charge in [0, 0.05) is 4.90 Å². The van der Waals surface area contributed by atoms with Crippen LogP contribution in [0, 0.1) is 0 Å². The summed E-state index contributed by atoms with van der Waals surface area (Å²) in [5.74, 6) is -0.910. The zero-order valence-corrected chi connectivity index (χ0v) is 16.6. The lowest BCUT2D eigenvalue weighted by Gasteiger charge is -2.23. The number of hydrogen-bond acceptors (Lipinski definition) is 6. The maximum absolute atomic E-state index is 12.0. The molecule has 0 aliphatic carbocycles. The van der Waals surface area contributed by atoms with Crippen LogP contribution in [0.4, 0.5) is 0 Å². The van der Waals surface area contributed by atoms with E-state index in [4.69, 9.17) is 4.74 Å². The summed E-state index contributed by atoms with van der Waals surface area (Å²) in [5.41, 5.74) is -0.790. The first-order valence-electron chi connectivity index (χ1n) is 8.53.